The molecule has 0 aliphatic carbocycles. The van der Waals surface area contributed by atoms with Gasteiger partial charge in [0.2, 0.25) is 5.91 Å². The van der Waals surface area contributed by atoms with E-state index in [9.17, 15) is 9.59 Å². The van der Waals surface area contributed by atoms with Crippen LogP contribution in [0.1, 0.15) is 42.6 Å². The number of aromatic carboxylic acids is 1. The summed E-state index contributed by atoms with van der Waals surface area (Å²) in [6, 6.07) is 4.78. The highest BCUT2D eigenvalue weighted by molar-refractivity contribution is 5.99. The first kappa shape index (κ1) is 15.2. The average molecular weight is 264 g/mol. The van der Waals surface area contributed by atoms with Crippen LogP contribution in [-0.2, 0) is 4.79 Å². The number of anilines is 1. The molecule has 0 saturated carbocycles. The molecular weight excluding hydrogens is 244 g/mol. The van der Waals surface area contributed by atoms with E-state index < -0.39 is 11.5 Å². The van der Waals surface area contributed by atoms with Crippen molar-refractivity contribution >= 4 is 17.6 Å². The number of hydrogen-bond donors (Lipinski definition) is 3. The van der Waals surface area contributed by atoms with Crippen LogP contribution >= 0.6 is 0 Å². The Morgan fingerprint density at radius 2 is 1.89 bits per heavy atom. The monoisotopic (exact) mass is 264 g/mol. The summed E-state index contributed by atoms with van der Waals surface area (Å²) < 4.78 is 0. The lowest BCUT2D eigenvalue weighted by atomic mass is 9.93. The smallest absolute Gasteiger partial charge is 0.336 e. The van der Waals surface area contributed by atoms with E-state index in [1.165, 1.54) is 6.07 Å². The van der Waals surface area contributed by atoms with Gasteiger partial charge >= 0.3 is 5.97 Å². The second kappa shape index (κ2) is 5.84. The largest absolute Gasteiger partial charge is 0.478 e. The summed E-state index contributed by atoms with van der Waals surface area (Å²) >= 11 is 0. The number of carboxylic acid groups (broad SMARTS) is 1. The van der Waals surface area contributed by atoms with Gasteiger partial charge in [-0.25, -0.2) is 4.79 Å². The van der Waals surface area contributed by atoms with Gasteiger partial charge in [-0.3, -0.25) is 4.79 Å². The average Bonchev–Trinajstić information content (AvgIpc) is 2.39. The van der Waals surface area contributed by atoms with E-state index in [-0.39, 0.29) is 11.5 Å². The molecule has 104 valence electrons. The molecule has 0 spiro atoms. The van der Waals surface area contributed by atoms with E-state index in [4.69, 9.17) is 10.8 Å². The molecule has 0 heterocycles. The van der Waals surface area contributed by atoms with Crippen molar-refractivity contribution in [3.05, 3.63) is 29.3 Å². The Kier molecular flexibility index (Phi) is 4.67. The Morgan fingerprint density at radius 1 is 1.32 bits per heavy atom. The molecule has 5 nitrogen and oxygen atoms in total. The van der Waals surface area contributed by atoms with Crippen molar-refractivity contribution in [2.24, 2.45) is 5.73 Å². The van der Waals surface area contributed by atoms with E-state index in [1.54, 1.807) is 19.1 Å². The number of rotatable bonds is 5. The van der Waals surface area contributed by atoms with Crippen molar-refractivity contribution in [2.45, 2.75) is 39.2 Å². The zero-order valence-corrected chi connectivity index (χ0v) is 11.5. The summed E-state index contributed by atoms with van der Waals surface area (Å²) in [6.07, 6.45) is 1.04. The number of nitrogens with two attached hydrogens (primary N) is 1. The Balaban J connectivity index is 2.98. The number of benzene rings is 1. The first-order valence-corrected chi connectivity index (χ1v) is 6.28. The number of carbonyl (C=O) groups is 2. The van der Waals surface area contributed by atoms with Gasteiger partial charge in [0.05, 0.1) is 11.1 Å². The molecule has 1 rings (SSSR count). The van der Waals surface area contributed by atoms with Crippen molar-refractivity contribution in [1.29, 1.82) is 0 Å². The predicted molar refractivity (Wildman–Crippen MR) is 74.3 cm³/mol. The lowest BCUT2D eigenvalue weighted by molar-refractivity contribution is -0.121. The normalized spacial score (nSPS) is 11.2. The molecule has 1 aromatic rings. The molecule has 1 aromatic carbocycles. The lowest BCUT2D eigenvalue weighted by Gasteiger charge is -2.25. The Hall–Kier alpha value is -1.88. The van der Waals surface area contributed by atoms with Crippen molar-refractivity contribution < 1.29 is 14.7 Å². The lowest BCUT2D eigenvalue weighted by Crippen LogP contribution is -2.50. The van der Waals surface area contributed by atoms with E-state index in [1.807, 2.05) is 13.8 Å². The second-order valence-electron chi connectivity index (χ2n) is 4.65. The summed E-state index contributed by atoms with van der Waals surface area (Å²) in [5.41, 5.74) is 6.34. The number of hydrogen-bond acceptors (Lipinski definition) is 3. The van der Waals surface area contributed by atoms with Crippen molar-refractivity contribution in [1.82, 2.24) is 0 Å². The van der Waals surface area contributed by atoms with Gasteiger partial charge < -0.3 is 16.2 Å². The minimum absolute atomic E-state index is 0.174. The van der Waals surface area contributed by atoms with Crippen LogP contribution in [0.25, 0.3) is 0 Å². The first-order chi connectivity index (χ1) is 8.84. The molecule has 5 heteroatoms. The Labute approximate surface area is 112 Å². The summed E-state index contributed by atoms with van der Waals surface area (Å²) in [6.45, 7) is 5.40. The maximum Gasteiger partial charge on any atom is 0.336 e. The minimum atomic E-state index is -1.02. The van der Waals surface area contributed by atoms with Gasteiger partial charge in [-0.2, -0.15) is 0 Å². The molecule has 0 radical (unpaired) electrons. The van der Waals surface area contributed by atoms with Gasteiger partial charge in [0.25, 0.3) is 0 Å². The van der Waals surface area contributed by atoms with Crippen LogP contribution in [0.3, 0.4) is 0 Å². The molecule has 0 saturated heterocycles. The number of carboxylic acids is 1. The summed E-state index contributed by atoms with van der Waals surface area (Å²) in [4.78, 5) is 23.1. The fraction of sp³-hybridized carbons (Fsp3) is 0.429. The van der Waals surface area contributed by atoms with Gasteiger partial charge in [0.1, 0.15) is 0 Å². The number of aryl methyl sites for hydroxylation is 1. The molecule has 0 aromatic heterocycles. The van der Waals surface area contributed by atoms with Crippen LogP contribution in [0.4, 0.5) is 5.69 Å². The molecular formula is C14H20N2O3. The first-order valence-electron chi connectivity index (χ1n) is 6.28. The van der Waals surface area contributed by atoms with E-state index in [2.05, 4.69) is 5.32 Å². The molecule has 4 N–H and O–H groups in total. The van der Waals surface area contributed by atoms with Crippen LogP contribution in [0, 0.1) is 6.92 Å². The summed E-state index contributed by atoms with van der Waals surface area (Å²) in [5, 5.41) is 11.7. The SMILES string of the molecule is CCC(N)(CC)C(=O)Nc1ccc(C)c(C(=O)O)c1. The van der Waals surface area contributed by atoms with E-state index in [0.717, 1.165) is 0 Å². The quantitative estimate of drug-likeness (QED) is 0.759. The van der Waals surface area contributed by atoms with Gasteiger partial charge in [-0.05, 0) is 37.5 Å². The third-order valence-electron chi connectivity index (χ3n) is 3.44. The Bertz CT molecular complexity index is 493. The van der Waals surface area contributed by atoms with Crippen LogP contribution in [0.2, 0.25) is 0 Å². The van der Waals surface area contributed by atoms with Crippen molar-refractivity contribution in [3.63, 3.8) is 0 Å². The third kappa shape index (κ3) is 3.32. The fourth-order valence-corrected chi connectivity index (χ4v) is 1.76. The zero-order chi connectivity index (χ0) is 14.6. The van der Waals surface area contributed by atoms with Crippen molar-refractivity contribution in [2.75, 3.05) is 5.32 Å². The topological polar surface area (TPSA) is 92.4 Å². The van der Waals surface area contributed by atoms with Gasteiger partial charge in [0, 0.05) is 5.69 Å². The molecule has 0 unspecified atom stereocenters. The molecule has 0 fully saturated rings. The summed E-state index contributed by atoms with van der Waals surface area (Å²) in [5.74, 6) is -1.31. The maximum atomic E-state index is 12.1. The molecule has 0 aliphatic rings. The molecule has 0 atom stereocenters. The highest BCUT2D eigenvalue weighted by Gasteiger charge is 2.29. The van der Waals surface area contributed by atoms with Crippen LogP contribution in [0.15, 0.2) is 18.2 Å². The van der Waals surface area contributed by atoms with Gasteiger partial charge in [-0.15, -0.1) is 0 Å². The number of carbonyl (C=O) groups excluding carboxylic acids is 1. The highest BCUT2D eigenvalue weighted by atomic mass is 16.4. The van der Waals surface area contributed by atoms with E-state index in [0.29, 0.717) is 24.1 Å². The zero-order valence-electron chi connectivity index (χ0n) is 11.5. The fourth-order valence-electron chi connectivity index (χ4n) is 1.76. The summed E-state index contributed by atoms with van der Waals surface area (Å²) in [7, 11) is 0. The standard InChI is InChI=1S/C14H20N2O3/c1-4-14(15,5-2)13(19)16-10-7-6-9(3)11(8-10)12(17)18/h6-8H,4-5,15H2,1-3H3,(H,16,19)(H,17,18). The molecule has 19 heavy (non-hydrogen) atoms. The van der Waals surface area contributed by atoms with Crippen molar-refractivity contribution in [3.8, 4) is 0 Å². The third-order valence-corrected chi connectivity index (χ3v) is 3.44. The second-order valence-corrected chi connectivity index (χ2v) is 4.65. The van der Waals surface area contributed by atoms with Gasteiger partial charge in [-0.1, -0.05) is 19.9 Å². The Morgan fingerprint density at radius 3 is 2.37 bits per heavy atom. The number of amides is 1. The van der Waals surface area contributed by atoms with E-state index >= 15 is 0 Å². The van der Waals surface area contributed by atoms with Crippen LogP contribution in [0.5, 0.6) is 0 Å². The van der Waals surface area contributed by atoms with Crippen LogP contribution in [-0.4, -0.2) is 22.5 Å². The highest BCUT2D eigenvalue weighted by Crippen LogP contribution is 2.19. The molecule has 0 bridgehead atoms. The van der Waals surface area contributed by atoms with Gasteiger partial charge in [0.15, 0.2) is 0 Å². The minimum Gasteiger partial charge on any atom is -0.478 e. The van der Waals surface area contributed by atoms with Crippen LogP contribution < -0.4 is 11.1 Å². The predicted octanol–water partition coefficient (Wildman–Crippen LogP) is 2.15. The maximum absolute atomic E-state index is 12.1. The molecule has 1 amide bonds. The number of nitrogens with one attached hydrogen (secondary N) is 1. The molecule has 0 aliphatic heterocycles.